The fourth-order valence-electron chi connectivity index (χ4n) is 2.62. The molecule has 1 fully saturated rings. The maximum absolute atomic E-state index is 12.5. The normalized spacial score (nSPS) is 18.6. The van der Waals surface area contributed by atoms with E-state index in [9.17, 15) is 9.59 Å². The lowest BCUT2D eigenvalue weighted by Crippen LogP contribution is -2.29. The molecule has 1 aromatic carbocycles. The molecule has 4 nitrogen and oxygen atoms in total. The highest BCUT2D eigenvalue weighted by molar-refractivity contribution is 7.17. The molecule has 104 valence electrons. The molecule has 1 saturated heterocycles. The Morgan fingerprint density at radius 2 is 2.20 bits per heavy atom. The van der Waals surface area contributed by atoms with Crippen LogP contribution in [0.4, 0.5) is 0 Å². The van der Waals surface area contributed by atoms with Crippen molar-refractivity contribution in [1.82, 2.24) is 4.90 Å². The molecule has 20 heavy (non-hydrogen) atoms. The molecule has 1 atom stereocenters. The summed E-state index contributed by atoms with van der Waals surface area (Å²) in [5, 5.41) is 11.8. The summed E-state index contributed by atoms with van der Waals surface area (Å²) in [5.41, 5.74) is 1.86. The van der Waals surface area contributed by atoms with E-state index in [4.69, 9.17) is 5.11 Å². The van der Waals surface area contributed by atoms with Crippen LogP contribution in [0.3, 0.4) is 0 Å². The van der Waals surface area contributed by atoms with Gasteiger partial charge in [0.05, 0.1) is 11.5 Å². The molecular formula is C15H15NO3S. The number of rotatable bonds is 2. The predicted octanol–water partition coefficient (Wildman–Crippen LogP) is 2.76. The molecule has 0 saturated carbocycles. The van der Waals surface area contributed by atoms with E-state index in [-0.39, 0.29) is 5.91 Å². The van der Waals surface area contributed by atoms with Gasteiger partial charge in [0, 0.05) is 28.6 Å². The Hall–Kier alpha value is -1.88. The van der Waals surface area contributed by atoms with Crippen LogP contribution in [0.1, 0.15) is 22.3 Å². The molecule has 3 rings (SSSR count). The zero-order valence-electron chi connectivity index (χ0n) is 11.1. The topological polar surface area (TPSA) is 57.6 Å². The first-order valence-electron chi connectivity index (χ1n) is 6.56. The van der Waals surface area contributed by atoms with Crippen molar-refractivity contribution in [3.63, 3.8) is 0 Å². The Labute approximate surface area is 120 Å². The number of aryl methyl sites for hydroxylation is 1. The van der Waals surface area contributed by atoms with Gasteiger partial charge in [-0.2, -0.15) is 0 Å². The number of hydrogen-bond donors (Lipinski definition) is 1. The lowest BCUT2D eigenvalue weighted by atomic mass is 10.1. The number of aliphatic carboxylic acids is 1. The second-order valence-corrected chi connectivity index (χ2v) is 6.14. The minimum atomic E-state index is -0.814. The number of carbonyl (C=O) groups excluding carboxylic acids is 1. The second kappa shape index (κ2) is 4.90. The number of carbonyl (C=O) groups is 2. The summed E-state index contributed by atoms with van der Waals surface area (Å²) in [7, 11) is 0. The summed E-state index contributed by atoms with van der Waals surface area (Å²) < 4.78 is 1.10. The summed E-state index contributed by atoms with van der Waals surface area (Å²) in [6, 6.07) is 6.04. The van der Waals surface area contributed by atoms with Crippen molar-refractivity contribution in [3.05, 3.63) is 34.7 Å². The molecule has 1 aliphatic rings. The molecular weight excluding hydrogens is 274 g/mol. The molecule has 1 amide bonds. The van der Waals surface area contributed by atoms with Crippen LogP contribution in [0.25, 0.3) is 10.1 Å². The van der Waals surface area contributed by atoms with Gasteiger partial charge in [0.15, 0.2) is 0 Å². The van der Waals surface area contributed by atoms with Gasteiger partial charge < -0.3 is 10.0 Å². The van der Waals surface area contributed by atoms with Crippen molar-refractivity contribution < 1.29 is 14.7 Å². The minimum Gasteiger partial charge on any atom is -0.481 e. The Morgan fingerprint density at radius 1 is 1.40 bits per heavy atom. The lowest BCUT2D eigenvalue weighted by molar-refractivity contribution is -0.141. The number of amides is 1. The van der Waals surface area contributed by atoms with Crippen LogP contribution in [0.2, 0.25) is 0 Å². The maximum atomic E-state index is 12.5. The van der Waals surface area contributed by atoms with Crippen LogP contribution in [-0.2, 0) is 4.79 Å². The highest BCUT2D eigenvalue weighted by Crippen LogP contribution is 2.29. The molecule has 0 aliphatic carbocycles. The first-order chi connectivity index (χ1) is 9.56. The fraction of sp³-hybridized carbons (Fsp3) is 0.333. The Morgan fingerprint density at radius 3 is 2.90 bits per heavy atom. The van der Waals surface area contributed by atoms with Gasteiger partial charge in [-0.15, -0.1) is 11.3 Å². The van der Waals surface area contributed by atoms with Crippen molar-refractivity contribution in [3.8, 4) is 0 Å². The molecule has 2 aromatic rings. The molecule has 5 heteroatoms. The largest absolute Gasteiger partial charge is 0.481 e. The van der Waals surface area contributed by atoms with Gasteiger partial charge in [-0.1, -0.05) is 12.1 Å². The van der Waals surface area contributed by atoms with Crippen molar-refractivity contribution in [2.75, 3.05) is 13.1 Å². The molecule has 1 aromatic heterocycles. The predicted molar refractivity (Wildman–Crippen MR) is 78.2 cm³/mol. The van der Waals surface area contributed by atoms with E-state index in [0.29, 0.717) is 25.1 Å². The zero-order valence-corrected chi connectivity index (χ0v) is 11.9. The van der Waals surface area contributed by atoms with Gasteiger partial charge in [-0.05, 0) is 25.0 Å². The van der Waals surface area contributed by atoms with Gasteiger partial charge in [-0.25, -0.2) is 0 Å². The van der Waals surface area contributed by atoms with Crippen molar-refractivity contribution in [2.24, 2.45) is 5.92 Å². The number of hydrogen-bond acceptors (Lipinski definition) is 3. The molecule has 0 radical (unpaired) electrons. The third kappa shape index (κ3) is 2.18. The van der Waals surface area contributed by atoms with Crippen LogP contribution in [0.15, 0.2) is 23.6 Å². The Balaban J connectivity index is 1.88. The van der Waals surface area contributed by atoms with E-state index in [1.165, 1.54) is 5.56 Å². The van der Waals surface area contributed by atoms with Crippen LogP contribution in [0, 0.1) is 12.8 Å². The number of carboxylic acids is 1. The average Bonchev–Trinajstić information content (AvgIpc) is 3.04. The van der Waals surface area contributed by atoms with Gasteiger partial charge in [0.25, 0.3) is 5.91 Å². The quantitative estimate of drug-likeness (QED) is 0.925. The van der Waals surface area contributed by atoms with Crippen LogP contribution in [-0.4, -0.2) is 35.0 Å². The summed E-state index contributed by atoms with van der Waals surface area (Å²) in [4.78, 5) is 25.1. The van der Waals surface area contributed by atoms with Crippen molar-refractivity contribution in [1.29, 1.82) is 0 Å². The SMILES string of the molecule is Cc1ccc2c(C(=O)N3CCC(C(=O)O)C3)csc2c1. The molecule has 1 aliphatic heterocycles. The highest BCUT2D eigenvalue weighted by Gasteiger charge is 2.32. The Kier molecular flexibility index (Phi) is 3.22. The van der Waals surface area contributed by atoms with Crippen LogP contribution < -0.4 is 0 Å². The maximum Gasteiger partial charge on any atom is 0.308 e. The van der Waals surface area contributed by atoms with E-state index < -0.39 is 11.9 Å². The number of nitrogens with zero attached hydrogens (tertiary/aromatic N) is 1. The smallest absolute Gasteiger partial charge is 0.308 e. The van der Waals surface area contributed by atoms with Gasteiger partial charge >= 0.3 is 5.97 Å². The third-order valence-electron chi connectivity index (χ3n) is 3.79. The minimum absolute atomic E-state index is 0.0520. The standard InChI is InChI=1S/C15H15NO3S/c1-9-2-3-11-12(8-20-13(11)6-9)14(17)16-5-4-10(7-16)15(18)19/h2-3,6,8,10H,4-5,7H2,1H3,(H,18,19). The van der Waals surface area contributed by atoms with E-state index in [1.54, 1.807) is 16.2 Å². The van der Waals surface area contributed by atoms with E-state index in [1.807, 2.05) is 24.4 Å². The molecule has 0 bridgehead atoms. The summed E-state index contributed by atoms with van der Waals surface area (Å²) >= 11 is 1.56. The van der Waals surface area contributed by atoms with Gasteiger partial charge in [0.2, 0.25) is 0 Å². The number of fused-ring (bicyclic) bond motifs is 1. The summed E-state index contributed by atoms with van der Waals surface area (Å²) in [5.74, 6) is -1.29. The second-order valence-electron chi connectivity index (χ2n) is 5.22. The molecule has 2 heterocycles. The average molecular weight is 289 g/mol. The van der Waals surface area contributed by atoms with Crippen LogP contribution in [0.5, 0.6) is 0 Å². The molecule has 0 spiro atoms. The summed E-state index contributed by atoms with van der Waals surface area (Å²) in [6.07, 6.45) is 0.544. The fourth-order valence-corrected chi connectivity index (χ4v) is 3.65. The third-order valence-corrected chi connectivity index (χ3v) is 4.73. The first-order valence-corrected chi connectivity index (χ1v) is 7.44. The van der Waals surface area contributed by atoms with Gasteiger partial charge in [0.1, 0.15) is 0 Å². The van der Waals surface area contributed by atoms with Crippen molar-refractivity contribution in [2.45, 2.75) is 13.3 Å². The Bertz CT molecular complexity index is 691. The number of benzene rings is 1. The molecule has 1 unspecified atom stereocenters. The van der Waals surface area contributed by atoms with Crippen molar-refractivity contribution >= 4 is 33.3 Å². The van der Waals surface area contributed by atoms with Gasteiger partial charge in [-0.3, -0.25) is 9.59 Å². The monoisotopic (exact) mass is 289 g/mol. The zero-order chi connectivity index (χ0) is 14.3. The molecule has 1 N–H and O–H groups in total. The number of carboxylic acid groups (broad SMARTS) is 1. The van der Waals surface area contributed by atoms with E-state index in [0.717, 1.165) is 10.1 Å². The van der Waals surface area contributed by atoms with E-state index in [2.05, 4.69) is 6.07 Å². The van der Waals surface area contributed by atoms with Crippen LogP contribution >= 0.6 is 11.3 Å². The van der Waals surface area contributed by atoms with E-state index >= 15 is 0 Å². The highest BCUT2D eigenvalue weighted by atomic mass is 32.1. The summed E-state index contributed by atoms with van der Waals surface area (Å²) in [6.45, 7) is 2.87. The lowest BCUT2D eigenvalue weighted by Gasteiger charge is -2.15. The number of thiophene rings is 1. The first kappa shape index (κ1) is 13.1. The number of likely N-dealkylation sites (tertiary alicyclic amines) is 1.